The molecule has 7 nitrogen and oxygen atoms in total. The summed E-state index contributed by atoms with van der Waals surface area (Å²) in [5.74, 6) is 0.441. The van der Waals surface area contributed by atoms with Gasteiger partial charge >= 0.3 is 0 Å². The number of nitrogens with zero attached hydrogens (tertiary/aromatic N) is 3. The van der Waals surface area contributed by atoms with Crippen molar-refractivity contribution in [1.29, 1.82) is 0 Å². The van der Waals surface area contributed by atoms with E-state index in [9.17, 15) is 14.3 Å². The number of amides is 1. The van der Waals surface area contributed by atoms with Gasteiger partial charge in [-0.25, -0.2) is 4.39 Å². The maximum atomic E-state index is 13.4. The van der Waals surface area contributed by atoms with Crippen LogP contribution in [0.15, 0.2) is 53.7 Å². The van der Waals surface area contributed by atoms with Gasteiger partial charge in [0.15, 0.2) is 5.16 Å². The van der Waals surface area contributed by atoms with Crippen LogP contribution in [0, 0.1) is 5.82 Å². The first-order chi connectivity index (χ1) is 15.9. The van der Waals surface area contributed by atoms with Crippen LogP contribution in [0.1, 0.15) is 24.2 Å². The van der Waals surface area contributed by atoms with Crippen molar-refractivity contribution in [2.75, 3.05) is 18.9 Å². The monoisotopic (exact) mass is 490 g/mol. The smallest absolute Gasteiger partial charge is 0.230 e. The van der Waals surface area contributed by atoms with Gasteiger partial charge in [0.1, 0.15) is 11.6 Å². The molecule has 10 heteroatoms. The second kappa shape index (κ2) is 10.2. The Morgan fingerprint density at radius 2 is 1.88 bits per heavy atom. The summed E-state index contributed by atoms with van der Waals surface area (Å²) in [6, 6.07) is 13.3. The lowest BCUT2D eigenvalue weighted by Crippen LogP contribution is -2.36. The molecule has 0 aliphatic heterocycles. The highest BCUT2D eigenvalue weighted by atomic mass is 35.5. The standard InChI is InChI=1S/C23H24ClFN4O3S/c24-16-3-1-15(2-4-16)23(10-11-23)21(32)26-12-9-20-27-28-22(33-14-19(31)13-30)29(20)18-7-5-17(25)6-8-18/h1-8,19,30-31H,9-14H2,(H,26,32)/t19-/m1/s1. The fourth-order valence-electron chi connectivity index (χ4n) is 3.63. The molecule has 0 bridgehead atoms. The molecule has 0 radical (unpaired) electrons. The molecule has 1 saturated carbocycles. The molecule has 3 N–H and O–H groups in total. The fraction of sp³-hybridized carbons (Fsp3) is 0.348. The Morgan fingerprint density at radius 1 is 1.18 bits per heavy atom. The third-order valence-corrected chi connectivity index (χ3v) is 6.94. The molecule has 1 amide bonds. The average molecular weight is 491 g/mol. The van der Waals surface area contributed by atoms with Crippen molar-refractivity contribution in [3.63, 3.8) is 0 Å². The summed E-state index contributed by atoms with van der Waals surface area (Å²) >= 11 is 7.21. The normalized spacial score (nSPS) is 15.3. The van der Waals surface area contributed by atoms with E-state index in [-0.39, 0.29) is 24.1 Å². The minimum atomic E-state index is -0.890. The summed E-state index contributed by atoms with van der Waals surface area (Å²) < 4.78 is 15.2. The van der Waals surface area contributed by atoms with Gasteiger partial charge in [-0.1, -0.05) is 35.5 Å². The molecule has 1 fully saturated rings. The van der Waals surface area contributed by atoms with Crippen LogP contribution in [0.4, 0.5) is 4.39 Å². The van der Waals surface area contributed by atoms with E-state index < -0.39 is 11.5 Å². The Bertz CT molecular complexity index is 1100. The zero-order chi connectivity index (χ0) is 23.4. The maximum absolute atomic E-state index is 13.4. The molecule has 1 heterocycles. The van der Waals surface area contributed by atoms with Crippen LogP contribution in [0.5, 0.6) is 0 Å². The number of benzene rings is 2. The lowest BCUT2D eigenvalue weighted by molar-refractivity contribution is -0.123. The first-order valence-electron chi connectivity index (χ1n) is 10.6. The van der Waals surface area contributed by atoms with Gasteiger partial charge in [-0.05, 0) is 54.8 Å². The van der Waals surface area contributed by atoms with Gasteiger partial charge in [0.25, 0.3) is 0 Å². The molecule has 0 saturated heterocycles. The van der Waals surface area contributed by atoms with Crippen LogP contribution < -0.4 is 5.32 Å². The van der Waals surface area contributed by atoms with Gasteiger partial charge in [0.05, 0.1) is 18.1 Å². The fourth-order valence-corrected chi connectivity index (χ4v) is 4.64. The number of aromatic nitrogens is 3. The van der Waals surface area contributed by atoms with Crippen LogP contribution in [0.3, 0.4) is 0 Å². The van der Waals surface area contributed by atoms with Crippen molar-refractivity contribution < 1.29 is 19.4 Å². The topological polar surface area (TPSA) is 100 Å². The highest BCUT2D eigenvalue weighted by Gasteiger charge is 2.51. The summed E-state index contributed by atoms with van der Waals surface area (Å²) in [4.78, 5) is 12.9. The van der Waals surface area contributed by atoms with Crippen molar-refractivity contribution in [1.82, 2.24) is 20.1 Å². The van der Waals surface area contributed by atoms with E-state index in [0.717, 1.165) is 18.4 Å². The van der Waals surface area contributed by atoms with E-state index >= 15 is 0 Å². The summed E-state index contributed by atoms with van der Waals surface area (Å²) in [7, 11) is 0. The molecule has 1 aromatic heterocycles. The predicted octanol–water partition coefficient (Wildman–Crippen LogP) is 2.90. The minimum Gasteiger partial charge on any atom is -0.394 e. The van der Waals surface area contributed by atoms with Crippen molar-refractivity contribution in [3.8, 4) is 5.69 Å². The van der Waals surface area contributed by atoms with Gasteiger partial charge < -0.3 is 15.5 Å². The van der Waals surface area contributed by atoms with Crippen molar-refractivity contribution >= 4 is 29.3 Å². The number of hydrogen-bond acceptors (Lipinski definition) is 6. The molecule has 1 aliphatic carbocycles. The highest BCUT2D eigenvalue weighted by molar-refractivity contribution is 7.99. The molecule has 33 heavy (non-hydrogen) atoms. The molecule has 2 aromatic carbocycles. The van der Waals surface area contributed by atoms with Gasteiger partial charge in [-0.2, -0.15) is 0 Å². The lowest BCUT2D eigenvalue weighted by atomic mass is 9.95. The molecule has 1 atom stereocenters. The van der Waals surface area contributed by atoms with Gasteiger partial charge in [-0.3, -0.25) is 9.36 Å². The van der Waals surface area contributed by atoms with Crippen LogP contribution in [-0.4, -0.2) is 55.9 Å². The molecule has 174 valence electrons. The number of aliphatic hydroxyl groups excluding tert-OH is 2. The maximum Gasteiger partial charge on any atom is 0.230 e. The van der Waals surface area contributed by atoms with Gasteiger partial charge in [0, 0.05) is 29.4 Å². The van der Waals surface area contributed by atoms with Gasteiger partial charge in [-0.15, -0.1) is 10.2 Å². The van der Waals surface area contributed by atoms with E-state index in [0.29, 0.717) is 34.7 Å². The zero-order valence-electron chi connectivity index (χ0n) is 17.7. The Balaban J connectivity index is 1.46. The largest absolute Gasteiger partial charge is 0.394 e. The molecule has 1 aliphatic rings. The van der Waals surface area contributed by atoms with E-state index in [2.05, 4.69) is 15.5 Å². The summed E-state index contributed by atoms with van der Waals surface area (Å²) in [6.07, 6.45) is 1.11. The third-order valence-electron chi connectivity index (χ3n) is 5.62. The molecule has 0 unspecified atom stereocenters. The van der Waals surface area contributed by atoms with Crippen LogP contribution >= 0.6 is 23.4 Å². The number of halogens is 2. The summed E-state index contributed by atoms with van der Waals surface area (Å²) in [5.41, 5.74) is 1.12. The first kappa shape index (κ1) is 23.7. The van der Waals surface area contributed by atoms with Gasteiger partial charge in [0.2, 0.25) is 5.91 Å². The third kappa shape index (κ3) is 5.38. The number of thioether (sulfide) groups is 1. The highest BCUT2D eigenvalue weighted by Crippen LogP contribution is 2.48. The first-order valence-corrected chi connectivity index (χ1v) is 12.0. The lowest BCUT2D eigenvalue weighted by Gasteiger charge is -2.16. The Kier molecular flexibility index (Phi) is 7.33. The molecular formula is C23H24ClFN4O3S. The quantitative estimate of drug-likeness (QED) is 0.378. The number of aliphatic hydroxyl groups is 2. The van der Waals surface area contributed by atoms with E-state index in [1.165, 1.54) is 23.9 Å². The van der Waals surface area contributed by atoms with E-state index in [1.807, 2.05) is 12.1 Å². The second-order valence-electron chi connectivity index (χ2n) is 7.95. The Morgan fingerprint density at radius 3 is 2.52 bits per heavy atom. The summed E-state index contributed by atoms with van der Waals surface area (Å²) in [6.45, 7) is 0.00335. The predicted molar refractivity (Wildman–Crippen MR) is 124 cm³/mol. The molecular weight excluding hydrogens is 467 g/mol. The zero-order valence-corrected chi connectivity index (χ0v) is 19.3. The van der Waals surface area contributed by atoms with Crippen molar-refractivity contribution in [2.45, 2.75) is 35.9 Å². The van der Waals surface area contributed by atoms with Crippen molar-refractivity contribution in [2.24, 2.45) is 0 Å². The average Bonchev–Trinajstić information content (AvgIpc) is 3.54. The van der Waals surface area contributed by atoms with E-state index in [1.54, 1.807) is 28.8 Å². The molecule has 0 spiro atoms. The summed E-state index contributed by atoms with van der Waals surface area (Å²) in [5, 5.41) is 31.4. The Labute approximate surface area is 200 Å². The minimum absolute atomic E-state index is 0.0293. The SMILES string of the molecule is O=C(NCCc1nnc(SC[C@H](O)CO)n1-c1ccc(F)cc1)C1(c2ccc(Cl)cc2)CC1. The second-order valence-corrected chi connectivity index (χ2v) is 9.38. The van der Waals surface area contributed by atoms with Crippen molar-refractivity contribution in [3.05, 3.63) is 70.8 Å². The number of carbonyl (C=O) groups excluding carboxylic acids is 1. The number of carbonyl (C=O) groups is 1. The Hall–Kier alpha value is -2.46. The van der Waals surface area contributed by atoms with E-state index in [4.69, 9.17) is 16.7 Å². The molecule has 3 aromatic rings. The van der Waals surface area contributed by atoms with Crippen LogP contribution in [0.2, 0.25) is 5.02 Å². The number of rotatable bonds is 10. The molecule has 4 rings (SSSR count). The number of hydrogen-bond donors (Lipinski definition) is 3. The van der Waals surface area contributed by atoms with Crippen LogP contribution in [0.25, 0.3) is 5.69 Å². The number of nitrogens with one attached hydrogen (secondary N) is 1. The van der Waals surface area contributed by atoms with Crippen LogP contribution in [-0.2, 0) is 16.6 Å².